The van der Waals surface area contributed by atoms with Crippen LogP contribution in [0.2, 0.25) is 0 Å². The van der Waals surface area contributed by atoms with Gasteiger partial charge in [0, 0.05) is 14.1 Å². The molecule has 1 aliphatic rings. The molecule has 0 spiro atoms. The number of carbonyl (C=O) groups is 1. The van der Waals surface area contributed by atoms with Crippen LogP contribution in [0.1, 0.15) is 41.3 Å². The van der Waals surface area contributed by atoms with E-state index in [0.29, 0.717) is 12.2 Å². The van der Waals surface area contributed by atoms with Crippen LogP contribution in [0.3, 0.4) is 0 Å². The van der Waals surface area contributed by atoms with E-state index in [1.165, 1.54) is 11.0 Å². The number of para-hydroxylation sites is 1. The number of phenolic OH excluding ortho intramolecular Hbond substituents is 1. The van der Waals surface area contributed by atoms with Crippen molar-refractivity contribution in [2.45, 2.75) is 26.3 Å². The van der Waals surface area contributed by atoms with Gasteiger partial charge in [-0.15, -0.1) is 0 Å². The fourth-order valence-electron chi connectivity index (χ4n) is 2.96. The molecule has 0 saturated carbocycles. The largest absolute Gasteiger partial charge is 0.505 e. The number of benzene rings is 1. The lowest BCUT2D eigenvalue weighted by molar-refractivity contribution is 0.0824. The summed E-state index contributed by atoms with van der Waals surface area (Å²) in [5.41, 5.74) is 0.430. The number of sulfonamides is 1. The van der Waals surface area contributed by atoms with Gasteiger partial charge in [0.2, 0.25) is 0 Å². The smallest absolute Gasteiger partial charge is 0.258 e. The predicted octanol–water partition coefficient (Wildman–Crippen LogP) is 2.73. The molecule has 0 bridgehead atoms. The molecular weight excluding hydrogens is 408 g/mol. The van der Waals surface area contributed by atoms with Crippen LogP contribution >= 0.6 is 0 Å². The Labute approximate surface area is 175 Å². The number of hydrogen-bond donors (Lipinski definition) is 3. The van der Waals surface area contributed by atoms with Gasteiger partial charge in [0.25, 0.3) is 15.9 Å². The molecule has 160 valence electrons. The van der Waals surface area contributed by atoms with Gasteiger partial charge in [0.1, 0.15) is 17.6 Å². The van der Waals surface area contributed by atoms with Gasteiger partial charge in [0.15, 0.2) is 11.6 Å². The minimum absolute atomic E-state index is 0.0930. The number of rotatable bonds is 6. The highest BCUT2D eigenvalue weighted by molar-refractivity contribution is 7.93. The Hall–Kier alpha value is -3.27. The summed E-state index contributed by atoms with van der Waals surface area (Å²) in [7, 11) is -0.594. The summed E-state index contributed by atoms with van der Waals surface area (Å²) in [6.45, 7) is 3.73. The molecule has 1 aromatic heterocycles. The van der Waals surface area contributed by atoms with Gasteiger partial charge < -0.3 is 19.7 Å². The third kappa shape index (κ3) is 4.48. The van der Waals surface area contributed by atoms with E-state index in [1.807, 2.05) is 19.9 Å². The monoisotopic (exact) mass is 432 g/mol. The van der Waals surface area contributed by atoms with Crippen LogP contribution in [-0.4, -0.2) is 44.3 Å². The quantitative estimate of drug-likeness (QED) is 0.603. The van der Waals surface area contributed by atoms with Gasteiger partial charge in [-0.2, -0.15) is 0 Å². The number of hydrogen-bond acceptors (Lipinski definition) is 7. The summed E-state index contributed by atoms with van der Waals surface area (Å²) in [5, 5.41) is 14.4. The third-order valence-corrected chi connectivity index (χ3v) is 5.49. The Balaban J connectivity index is 1.96. The second-order valence-electron chi connectivity index (χ2n) is 7.06. The van der Waals surface area contributed by atoms with E-state index in [0.717, 1.165) is 11.2 Å². The molecule has 3 N–H and O–H groups in total. The van der Waals surface area contributed by atoms with Crippen molar-refractivity contribution in [1.82, 2.24) is 9.62 Å². The number of amides is 1. The van der Waals surface area contributed by atoms with Crippen molar-refractivity contribution in [2.24, 2.45) is 4.99 Å². The molecule has 0 radical (unpaired) electrons. The van der Waals surface area contributed by atoms with Gasteiger partial charge in [0.05, 0.1) is 22.4 Å². The number of amidine groups is 1. The molecule has 3 rings (SSSR count). The molecule has 2 aromatic rings. The zero-order valence-electron chi connectivity index (χ0n) is 17.1. The topological polar surface area (TPSA) is 124 Å². The van der Waals surface area contributed by atoms with Crippen molar-refractivity contribution in [1.29, 1.82) is 0 Å². The van der Waals surface area contributed by atoms with Crippen molar-refractivity contribution in [3.8, 4) is 5.75 Å². The number of nitrogens with one attached hydrogen (secondary N) is 2. The summed E-state index contributed by atoms with van der Waals surface area (Å²) in [6.07, 6.45) is 0.587. The number of aliphatic imine (C=N–C) groups is 1. The molecule has 10 heteroatoms. The molecule has 1 aliphatic heterocycles. The van der Waals surface area contributed by atoms with E-state index >= 15 is 0 Å². The molecule has 30 heavy (non-hydrogen) atoms. The second-order valence-corrected chi connectivity index (χ2v) is 8.58. The molecule has 0 fully saturated rings. The average molecular weight is 433 g/mol. The first kappa shape index (κ1) is 21.4. The van der Waals surface area contributed by atoms with Crippen LogP contribution in [0, 0.1) is 6.92 Å². The summed E-state index contributed by atoms with van der Waals surface area (Å²) >= 11 is 0. The van der Waals surface area contributed by atoms with Gasteiger partial charge in [-0.1, -0.05) is 13.0 Å². The normalized spacial score (nSPS) is 17.3. The number of aryl methyl sites for hydroxylation is 1. The Kier molecular flexibility index (Phi) is 5.88. The first-order valence-electron chi connectivity index (χ1n) is 9.31. The van der Waals surface area contributed by atoms with Crippen molar-refractivity contribution >= 4 is 27.5 Å². The number of phenols is 1. The van der Waals surface area contributed by atoms with Crippen LogP contribution in [0.25, 0.3) is 0 Å². The lowest BCUT2D eigenvalue weighted by Crippen LogP contribution is -2.26. The first-order valence-corrected chi connectivity index (χ1v) is 10.9. The molecule has 0 saturated heterocycles. The maximum atomic E-state index is 12.2. The minimum Gasteiger partial charge on any atom is -0.505 e. The molecule has 2 heterocycles. The highest BCUT2D eigenvalue weighted by Gasteiger charge is 2.27. The van der Waals surface area contributed by atoms with Crippen molar-refractivity contribution < 1.29 is 22.7 Å². The van der Waals surface area contributed by atoms with Crippen LogP contribution in [-0.2, 0) is 10.0 Å². The number of aromatic hydroxyl groups is 1. The number of anilines is 1. The Morgan fingerprint density at radius 2 is 2.03 bits per heavy atom. The van der Waals surface area contributed by atoms with E-state index < -0.39 is 16.1 Å². The van der Waals surface area contributed by atoms with E-state index in [9.17, 15) is 18.3 Å². The van der Waals surface area contributed by atoms with E-state index in [4.69, 9.17) is 4.42 Å². The first-order chi connectivity index (χ1) is 14.1. The Bertz CT molecular complexity index is 1130. The second kappa shape index (κ2) is 8.23. The molecular formula is C20H24N4O5S. The lowest BCUT2D eigenvalue weighted by atomic mass is 10.1. The standard InChI is InChI=1S/C20H24N4O5S/c1-5-14(17-10-9-12(2)29-17)22-19-16(11-30(27,28)23-19)21-15-8-6-7-13(18(15)25)20(26)24(3)4/h6-11,14,21,25H,5H2,1-4H3,(H,22,23)/t14-/m1/s1. The highest BCUT2D eigenvalue weighted by atomic mass is 32.2. The lowest BCUT2D eigenvalue weighted by Gasteiger charge is -2.16. The van der Waals surface area contributed by atoms with Crippen molar-refractivity contribution in [3.05, 3.63) is 58.5 Å². The van der Waals surface area contributed by atoms with E-state index in [2.05, 4.69) is 15.0 Å². The zero-order chi connectivity index (χ0) is 22.1. The van der Waals surface area contributed by atoms with Gasteiger partial charge in [-0.25, -0.2) is 8.42 Å². The van der Waals surface area contributed by atoms with E-state index in [-0.39, 0.29) is 34.4 Å². The molecule has 0 aliphatic carbocycles. The molecule has 1 amide bonds. The third-order valence-electron chi connectivity index (χ3n) is 4.47. The number of furan rings is 1. The summed E-state index contributed by atoms with van der Waals surface area (Å²) in [5.74, 6) is 0.788. The van der Waals surface area contributed by atoms with E-state index in [1.54, 1.807) is 32.3 Å². The molecule has 1 atom stereocenters. The Morgan fingerprint density at radius 1 is 1.30 bits per heavy atom. The van der Waals surface area contributed by atoms with Gasteiger partial charge >= 0.3 is 0 Å². The number of carbonyl (C=O) groups excluding carboxylic acids is 1. The van der Waals surface area contributed by atoms with Crippen molar-refractivity contribution in [2.75, 3.05) is 19.4 Å². The van der Waals surface area contributed by atoms with Crippen LogP contribution in [0.4, 0.5) is 5.69 Å². The van der Waals surface area contributed by atoms with Gasteiger partial charge in [-0.05, 0) is 37.6 Å². The maximum Gasteiger partial charge on any atom is 0.258 e. The van der Waals surface area contributed by atoms with Crippen LogP contribution in [0.5, 0.6) is 5.75 Å². The molecule has 1 aromatic carbocycles. The highest BCUT2D eigenvalue weighted by Crippen LogP contribution is 2.31. The predicted molar refractivity (Wildman–Crippen MR) is 114 cm³/mol. The minimum atomic E-state index is -3.74. The summed E-state index contributed by atoms with van der Waals surface area (Å²) in [4.78, 5) is 18.1. The zero-order valence-corrected chi connectivity index (χ0v) is 17.9. The van der Waals surface area contributed by atoms with Crippen LogP contribution < -0.4 is 10.0 Å². The Morgan fingerprint density at radius 3 is 2.63 bits per heavy atom. The number of nitrogens with zero attached hydrogens (tertiary/aromatic N) is 2. The summed E-state index contributed by atoms with van der Waals surface area (Å²) < 4.78 is 32.3. The molecule has 9 nitrogen and oxygen atoms in total. The average Bonchev–Trinajstić information content (AvgIpc) is 3.23. The van der Waals surface area contributed by atoms with Crippen LogP contribution in [0.15, 0.2) is 50.8 Å². The maximum absolute atomic E-state index is 12.2. The van der Waals surface area contributed by atoms with Crippen molar-refractivity contribution in [3.63, 3.8) is 0 Å². The summed E-state index contributed by atoms with van der Waals surface area (Å²) in [6, 6.07) is 7.84. The molecule has 0 unspecified atom stereocenters. The van der Waals surface area contributed by atoms with Gasteiger partial charge in [-0.3, -0.25) is 14.5 Å². The fraction of sp³-hybridized carbons (Fsp3) is 0.300. The fourth-order valence-corrected chi connectivity index (χ4v) is 3.93. The SMILES string of the molecule is CC[C@@H](N=C1NS(=O)(=O)C=C1Nc1cccc(C(=O)N(C)C)c1O)c1ccc(C)o1.